The van der Waals surface area contributed by atoms with E-state index in [1.807, 2.05) is 12.1 Å². The second kappa shape index (κ2) is 3.51. The summed E-state index contributed by atoms with van der Waals surface area (Å²) in [5.74, 6) is 0.890. The molecule has 0 saturated heterocycles. The molecule has 0 fully saturated rings. The molecule has 0 aromatic heterocycles. The van der Waals surface area contributed by atoms with E-state index in [1.54, 1.807) is 19.9 Å². The average Bonchev–Trinajstić information content (AvgIpc) is 2.61. The third-order valence-corrected chi connectivity index (χ3v) is 2.70. The second-order valence-electron chi connectivity index (χ2n) is 4.52. The lowest BCUT2D eigenvalue weighted by Crippen LogP contribution is -2.28. The number of hydrogen-bond donors (Lipinski definition) is 2. The zero-order valence-electron chi connectivity index (χ0n) is 9.03. The van der Waals surface area contributed by atoms with Crippen LogP contribution < -0.4 is 4.74 Å². The smallest absolute Gasteiger partial charge is 0.122 e. The van der Waals surface area contributed by atoms with Gasteiger partial charge in [0.1, 0.15) is 11.9 Å². The van der Waals surface area contributed by atoms with Gasteiger partial charge in [-0.05, 0) is 37.1 Å². The van der Waals surface area contributed by atoms with Crippen molar-refractivity contribution in [3.63, 3.8) is 0 Å². The molecule has 1 aliphatic heterocycles. The summed E-state index contributed by atoms with van der Waals surface area (Å²) in [5.41, 5.74) is 0.732. The molecule has 1 aromatic rings. The van der Waals surface area contributed by atoms with Crippen molar-refractivity contribution >= 4 is 0 Å². The Balaban J connectivity index is 2.31. The van der Waals surface area contributed by atoms with Crippen molar-refractivity contribution < 1.29 is 14.9 Å². The molecule has 15 heavy (non-hydrogen) atoms. The van der Waals surface area contributed by atoms with Crippen LogP contribution in [0, 0.1) is 0 Å². The maximum Gasteiger partial charge on any atom is 0.122 e. The van der Waals surface area contributed by atoms with Gasteiger partial charge >= 0.3 is 0 Å². The van der Waals surface area contributed by atoms with Crippen molar-refractivity contribution in [2.45, 2.75) is 32.0 Å². The van der Waals surface area contributed by atoms with Gasteiger partial charge in [-0.2, -0.15) is 0 Å². The molecule has 0 spiro atoms. The van der Waals surface area contributed by atoms with Crippen molar-refractivity contribution in [1.82, 2.24) is 0 Å². The van der Waals surface area contributed by atoms with Crippen LogP contribution >= 0.6 is 0 Å². The zero-order valence-corrected chi connectivity index (χ0v) is 9.03. The van der Waals surface area contributed by atoms with E-state index in [-0.39, 0.29) is 0 Å². The molecule has 1 atom stereocenters. The fourth-order valence-corrected chi connectivity index (χ4v) is 1.78. The molecule has 0 radical (unpaired) electrons. The fraction of sp³-hybridized carbons (Fsp3) is 0.500. The molecule has 82 valence electrons. The van der Waals surface area contributed by atoms with Gasteiger partial charge in [-0.25, -0.2) is 0 Å². The van der Waals surface area contributed by atoms with Gasteiger partial charge in [-0.1, -0.05) is 6.07 Å². The molecular formula is C12H16O3. The lowest BCUT2D eigenvalue weighted by molar-refractivity contribution is -0.0497. The lowest BCUT2D eigenvalue weighted by Gasteiger charge is -2.25. The van der Waals surface area contributed by atoms with E-state index in [0.717, 1.165) is 23.3 Å². The normalized spacial score (nSPS) is 17.1. The molecule has 1 unspecified atom stereocenters. The fourth-order valence-electron chi connectivity index (χ4n) is 1.78. The van der Waals surface area contributed by atoms with Gasteiger partial charge in [0, 0.05) is 6.42 Å². The third kappa shape index (κ3) is 1.98. The van der Waals surface area contributed by atoms with Crippen molar-refractivity contribution in [2.75, 3.05) is 6.61 Å². The quantitative estimate of drug-likeness (QED) is 0.773. The molecular weight excluding hydrogens is 192 g/mol. The van der Waals surface area contributed by atoms with Crippen LogP contribution in [0.4, 0.5) is 0 Å². The number of ether oxygens (including phenoxy) is 1. The Morgan fingerprint density at radius 1 is 1.40 bits per heavy atom. The molecule has 3 nitrogen and oxygen atoms in total. The standard InChI is InChI=1S/C12H16O3/c1-12(2,14)11(13)9-3-4-10-8(7-9)5-6-15-10/h3-4,7,11,13-14H,5-6H2,1-2H3. The van der Waals surface area contributed by atoms with E-state index in [1.165, 1.54) is 0 Å². The highest BCUT2D eigenvalue weighted by Crippen LogP contribution is 2.31. The summed E-state index contributed by atoms with van der Waals surface area (Å²) < 4.78 is 5.37. The van der Waals surface area contributed by atoms with Gasteiger partial charge in [-0.3, -0.25) is 0 Å². The molecule has 2 rings (SSSR count). The van der Waals surface area contributed by atoms with Crippen LogP contribution in [-0.4, -0.2) is 22.4 Å². The second-order valence-corrected chi connectivity index (χ2v) is 4.52. The molecule has 1 aliphatic rings. The summed E-state index contributed by atoms with van der Waals surface area (Å²) in [6.07, 6.45) is 0.0188. The van der Waals surface area contributed by atoms with Crippen LogP contribution in [0.5, 0.6) is 5.75 Å². The summed E-state index contributed by atoms with van der Waals surface area (Å²) in [6.45, 7) is 3.90. The summed E-state index contributed by atoms with van der Waals surface area (Å²) in [5, 5.41) is 19.6. The number of aliphatic hydroxyl groups excluding tert-OH is 1. The van der Waals surface area contributed by atoms with Gasteiger partial charge in [0.2, 0.25) is 0 Å². The number of fused-ring (bicyclic) bond motifs is 1. The maximum absolute atomic E-state index is 9.90. The molecule has 2 N–H and O–H groups in total. The van der Waals surface area contributed by atoms with Crippen LogP contribution in [0.2, 0.25) is 0 Å². The maximum atomic E-state index is 9.90. The van der Waals surface area contributed by atoms with Crippen molar-refractivity contribution in [3.8, 4) is 5.75 Å². The van der Waals surface area contributed by atoms with Gasteiger partial charge in [0.15, 0.2) is 0 Å². The largest absolute Gasteiger partial charge is 0.493 e. The Morgan fingerprint density at radius 2 is 2.13 bits per heavy atom. The van der Waals surface area contributed by atoms with E-state index < -0.39 is 11.7 Å². The average molecular weight is 208 g/mol. The Bertz CT molecular complexity index is 366. The van der Waals surface area contributed by atoms with Crippen LogP contribution in [0.3, 0.4) is 0 Å². The number of hydrogen-bond acceptors (Lipinski definition) is 3. The van der Waals surface area contributed by atoms with Crippen LogP contribution in [0.15, 0.2) is 18.2 Å². The molecule has 1 aromatic carbocycles. The lowest BCUT2D eigenvalue weighted by atomic mass is 9.93. The van der Waals surface area contributed by atoms with Gasteiger partial charge < -0.3 is 14.9 Å². The van der Waals surface area contributed by atoms with E-state index in [9.17, 15) is 10.2 Å². The first-order valence-corrected chi connectivity index (χ1v) is 5.14. The van der Waals surface area contributed by atoms with Crippen molar-refractivity contribution in [2.24, 2.45) is 0 Å². The van der Waals surface area contributed by atoms with E-state index in [4.69, 9.17) is 4.74 Å². The van der Waals surface area contributed by atoms with Gasteiger partial charge in [0.05, 0.1) is 12.2 Å². The Morgan fingerprint density at radius 3 is 2.80 bits per heavy atom. The third-order valence-electron chi connectivity index (χ3n) is 2.70. The van der Waals surface area contributed by atoms with Crippen LogP contribution in [-0.2, 0) is 6.42 Å². The molecule has 3 heteroatoms. The first-order valence-electron chi connectivity index (χ1n) is 5.14. The molecule has 0 amide bonds. The van der Waals surface area contributed by atoms with Crippen molar-refractivity contribution in [1.29, 1.82) is 0 Å². The minimum Gasteiger partial charge on any atom is -0.493 e. The Kier molecular flexibility index (Phi) is 2.44. The van der Waals surface area contributed by atoms with Crippen LogP contribution in [0.25, 0.3) is 0 Å². The zero-order chi connectivity index (χ0) is 11.1. The predicted octanol–water partition coefficient (Wildman–Crippen LogP) is 1.43. The summed E-state index contributed by atoms with van der Waals surface area (Å²) >= 11 is 0. The Labute approximate surface area is 89.3 Å². The first kappa shape index (κ1) is 10.5. The van der Waals surface area contributed by atoms with Crippen molar-refractivity contribution in [3.05, 3.63) is 29.3 Å². The van der Waals surface area contributed by atoms with Crippen LogP contribution in [0.1, 0.15) is 31.1 Å². The topological polar surface area (TPSA) is 49.7 Å². The number of rotatable bonds is 2. The highest BCUT2D eigenvalue weighted by molar-refractivity contribution is 5.40. The minimum atomic E-state index is -1.12. The Hall–Kier alpha value is -1.06. The van der Waals surface area contributed by atoms with Gasteiger partial charge in [0.25, 0.3) is 0 Å². The minimum absolute atomic E-state index is 0.706. The monoisotopic (exact) mass is 208 g/mol. The molecule has 0 bridgehead atoms. The molecule has 0 saturated carbocycles. The SMILES string of the molecule is CC(C)(O)C(O)c1ccc2c(c1)CCO2. The number of aliphatic hydroxyl groups is 2. The highest BCUT2D eigenvalue weighted by atomic mass is 16.5. The predicted molar refractivity (Wildman–Crippen MR) is 56.9 cm³/mol. The highest BCUT2D eigenvalue weighted by Gasteiger charge is 2.27. The summed E-state index contributed by atoms with van der Waals surface area (Å²) in [4.78, 5) is 0. The summed E-state index contributed by atoms with van der Waals surface area (Å²) in [6, 6.07) is 5.56. The number of benzene rings is 1. The molecule has 1 heterocycles. The summed E-state index contributed by atoms with van der Waals surface area (Å²) in [7, 11) is 0. The molecule has 0 aliphatic carbocycles. The van der Waals surface area contributed by atoms with E-state index >= 15 is 0 Å². The van der Waals surface area contributed by atoms with E-state index in [0.29, 0.717) is 6.61 Å². The van der Waals surface area contributed by atoms with E-state index in [2.05, 4.69) is 0 Å². The first-order chi connectivity index (χ1) is 6.98. The van der Waals surface area contributed by atoms with Gasteiger partial charge in [-0.15, -0.1) is 0 Å².